The van der Waals surface area contributed by atoms with E-state index in [9.17, 15) is 13.2 Å². The van der Waals surface area contributed by atoms with Gasteiger partial charge < -0.3 is 11.1 Å². The molecule has 1 unspecified atom stereocenters. The Morgan fingerprint density at radius 3 is 2.90 bits per heavy atom. The SMILES string of the molecule is Nc1ccc2sc(C(=O)NCC3CCS(=O)(=O)C3)cc2c1. The van der Waals surface area contributed by atoms with Gasteiger partial charge in [-0.15, -0.1) is 11.3 Å². The van der Waals surface area contributed by atoms with E-state index in [1.54, 1.807) is 0 Å². The van der Waals surface area contributed by atoms with E-state index in [0.717, 1.165) is 10.1 Å². The van der Waals surface area contributed by atoms with Gasteiger partial charge in [0.15, 0.2) is 9.84 Å². The molecule has 0 radical (unpaired) electrons. The van der Waals surface area contributed by atoms with Crippen LogP contribution in [0.25, 0.3) is 10.1 Å². The summed E-state index contributed by atoms with van der Waals surface area (Å²) in [7, 11) is -2.90. The van der Waals surface area contributed by atoms with Crippen LogP contribution in [0.2, 0.25) is 0 Å². The average molecular weight is 324 g/mol. The van der Waals surface area contributed by atoms with Crippen molar-refractivity contribution >= 4 is 42.9 Å². The number of carbonyl (C=O) groups excluding carboxylic acids is 1. The maximum Gasteiger partial charge on any atom is 0.261 e. The molecule has 1 aliphatic heterocycles. The fourth-order valence-electron chi connectivity index (χ4n) is 2.53. The highest BCUT2D eigenvalue weighted by atomic mass is 32.2. The lowest BCUT2D eigenvalue weighted by Gasteiger charge is -2.08. The largest absolute Gasteiger partial charge is 0.399 e. The van der Waals surface area contributed by atoms with Crippen LogP contribution in [-0.4, -0.2) is 32.4 Å². The minimum absolute atomic E-state index is 0.0315. The van der Waals surface area contributed by atoms with Crippen molar-refractivity contribution in [3.63, 3.8) is 0 Å². The molecule has 0 spiro atoms. The molecule has 1 saturated heterocycles. The Morgan fingerprint density at radius 1 is 1.38 bits per heavy atom. The number of nitrogens with one attached hydrogen (secondary N) is 1. The van der Waals surface area contributed by atoms with E-state index >= 15 is 0 Å². The van der Waals surface area contributed by atoms with Gasteiger partial charge >= 0.3 is 0 Å². The molecule has 7 heteroatoms. The fourth-order valence-corrected chi connectivity index (χ4v) is 5.35. The zero-order valence-corrected chi connectivity index (χ0v) is 13.0. The Hall–Kier alpha value is -1.60. The first-order valence-electron chi connectivity index (χ1n) is 6.71. The van der Waals surface area contributed by atoms with Crippen molar-refractivity contribution in [2.24, 2.45) is 5.92 Å². The quantitative estimate of drug-likeness (QED) is 0.840. The zero-order valence-electron chi connectivity index (χ0n) is 11.3. The molecule has 3 N–H and O–H groups in total. The number of carbonyl (C=O) groups is 1. The normalized spacial score (nSPS) is 20.7. The molecule has 112 valence electrons. The maximum absolute atomic E-state index is 12.1. The van der Waals surface area contributed by atoms with Gasteiger partial charge in [0.05, 0.1) is 16.4 Å². The summed E-state index contributed by atoms with van der Waals surface area (Å²) >= 11 is 1.41. The van der Waals surface area contributed by atoms with E-state index in [2.05, 4.69) is 5.32 Å². The topological polar surface area (TPSA) is 89.3 Å². The van der Waals surface area contributed by atoms with Gasteiger partial charge in [-0.1, -0.05) is 0 Å². The minimum atomic E-state index is -2.90. The molecule has 0 bridgehead atoms. The highest BCUT2D eigenvalue weighted by Crippen LogP contribution is 2.27. The minimum Gasteiger partial charge on any atom is -0.399 e. The second-order valence-corrected chi connectivity index (χ2v) is 8.70. The number of sulfone groups is 1. The Kier molecular flexibility index (Phi) is 3.62. The van der Waals surface area contributed by atoms with E-state index in [-0.39, 0.29) is 23.3 Å². The number of thiophene rings is 1. The summed E-state index contributed by atoms with van der Waals surface area (Å²) in [5, 5.41) is 3.78. The van der Waals surface area contributed by atoms with Gasteiger partial charge in [-0.05, 0) is 42.0 Å². The standard InChI is InChI=1S/C14H16N2O3S2/c15-11-1-2-12-10(5-11)6-13(20-12)14(17)16-7-9-3-4-21(18,19)8-9/h1-2,5-6,9H,3-4,7-8,15H2,(H,16,17). The molecule has 1 aliphatic rings. The van der Waals surface area contributed by atoms with E-state index in [4.69, 9.17) is 5.73 Å². The number of benzene rings is 1. The number of hydrogen-bond donors (Lipinski definition) is 2. The van der Waals surface area contributed by atoms with Gasteiger partial charge in [0, 0.05) is 16.9 Å². The number of nitrogens with two attached hydrogens (primary N) is 1. The zero-order chi connectivity index (χ0) is 15.0. The Labute approximate surface area is 127 Å². The molecular formula is C14H16N2O3S2. The molecule has 1 fully saturated rings. The lowest BCUT2D eigenvalue weighted by Crippen LogP contribution is -2.29. The first kappa shape index (κ1) is 14.3. The molecule has 5 nitrogen and oxygen atoms in total. The number of amides is 1. The van der Waals surface area contributed by atoms with E-state index < -0.39 is 9.84 Å². The number of nitrogen functional groups attached to an aromatic ring is 1. The van der Waals surface area contributed by atoms with Crippen LogP contribution in [-0.2, 0) is 9.84 Å². The van der Waals surface area contributed by atoms with Crippen LogP contribution in [0.4, 0.5) is 5.69 Å². The smallest absolute Gasteiger partial charge is 0.261 e. The van der Waals surface area contributed by atoms with Crippen LogP contribution in [0.5, 0.6) is 0 Å². The predicted octanol–water partition coefficient (Wildman–Crippen LogP) is 1.65. The average Bonchev–Trinajstić information content (AvgIpc) is 2.98. The summed E-state index contributed by atoms with van der Waals surface area (Å²) in [5.74, 6) is 0.286. The van der Waals surface area contributed by atoms with Crippen LogP contribution >= 0.6 is 11.3 Å². The van der Waals surface area contributed by atoms with Gasteiger partial charge in [0.2, 0.25) is 0 Å². The van der Waals surface area contributed by atoms with E-state index in [1.165, 1.54) is 11.3 Å². The molecule has 1 aromatic heterocycles. The van der Waals surface area contributed by atoms with Gasteiger partial charge in [0.1, 0.15) is 0 Å². The van der Waals surface area contributed by atoms with Crippen molar-refractivity contribution in [3.8, 4) is 0 Å². The molecular weight excluding hydrogens is 308 g/mol. The van der Waals surface area contributed by atoms with Crippen LogP contribution in [0.3, 0.4) is 0 Å². The summed E-state index contributed by atoms with van der Waals surface area (Å²) in [6.45, 7) is 0.411. The van der Waals surface area contributed by atoms with Crippen LogP contribution in [0, 0.1) is 5.92 Å². The number of fused-ring (bicyclic) bond motifs is 1. The van der Waals surface area contributed by atoms with Crippen molar-refractivity contribution < 1.29 is 13.2 Å². The van der Waals surface area contributed by atoms with E-state index in [1.807, 2.05) is 24.3 Å². The lowest BCUT2D eigenvalue weighted by molar-refractivity contribution is 0.0952. The Morgan fingerprint density at radius 2 is 2.19 bits per heavy atom. The Bertz CT molecular complexity index is 796. The van der Waals surface area contributed by atoms with Crippen molar-refractivity contribution in [2.75, 3.05) is 23.8 Å². The summed E-state index contributed by atoms with van der Waals surface area (Å²) in [5.41, 5.74) is 6.39. The van der Waals surface area contributed by atoms with Crippen LogP contribution in [0.15, 0.2) is 24.3 Å². The lowest BCUT2D eigenvalue weighted by atomic mass is 10.1. The van der Waals surface area contributed by atoms with Crippen molar-refractivity contribution in [3.05, 3.63) is 29.1 Å². The molecule has 1 aromatic carbocycles. The third kappa shape index (κ3) is 3.19. The number of rotatable bonds is 3. The first-order chi connectivity index (χ1) is 9.93. The second kappa shape index (κ2) is 5.31. The highest BCUT2D eigenvalue weighted by Gasteiger charge is 2.28. The third-order valence-electron chi connectivity index (χ3n) is 3.64. The summed E-state index contributed by atoms with van der Waals surface area (Å²) in [6.07, 6.45) is 0.631. The molecule has 1 atom stereocenters. The first-order valence-corrected chi connectivity index (χ1v) is 9.34. The molecule has 21 heavy (non-hydrogen) atoms. The van der Waals surface area contributed by atoms with Gasteiger partial charge in [-0.2, -0.15) is 0 Å². The van der Waals surface area contributed by atoms with Crippen molar-refractivity contribution in [2.45, 2.75) is 6.42 Å². The fraction of sp³-hybridized carbons (Fsp3) is 0.357. The molecule has 1 amide bonds. The second-order valence-electron chi connectivity index (χ2n) is 5.39. The third-order valence-corrected chi connectivity index (χ3v) is 6.59. The van der Waals surface area contributed by atoms with Gasteiger partial charge in [-0.3, -0.25) is 4.79 Å². The number of anilines is 1. The summed E-state index contributed by atoms with van der Waals surface area (Å²) in [4.78, 5) is 12.8. The monoisotopic (exact) mass is 324 g/mol. The highest BCUT2D eigenvalue weighted by molar-refractivity contribution is 7.91. The predicted molar refractivity (Wildman–Crippen MR) is 85.3 cm³/mol. The Balaban J connectivity index is 1.67. The summed E-state index contributed by atoms with van der Waals surface area (Å²) < 4.78 is 23.8. The molecule has 0 saturated carbocycles. The molecule has 2 aromatic rings. The van der Waals surface area contributed by atoms with Gasteiger partial charge in [0.25, 0.3) is 5.91 Å². The molecule has 2 heterocycles. The van der Waals surface area contributed by atoms with Gasteiger partial charge in [-0.25, -0.2) is 8.42 Å². The van der Waals surface area contributed by atoms with E-state index in [0.29, 0.717) is 23.5 Å². The van der Waals surface area contributed by atoms with Crippen molar-refractivity contribution in [1.82, 2.24) is 5.32 Å². The molecule has 3 rings (SSSR count). The molecule has 0 aliphatic carbocycles. The van der Waals surface area contributed by atoms with Crippen LogP contribution < -0.4 is 11.1 Å². The number of hydrogen-bond acceptors (Lipinski definition) is 5. The van der Waals surface area contributed by atoms with Crippen molar-refractivity contribution in [1.29, 1.82) is 0 Å². The maximum atomic E-state index is 12.1. The summed E-state index contributed by atoms with van der Waals surface area (Å²) in [6, 6.07) is 7.36. The van der Waals surface area contributed by atoms with Crippen LogP contribution in [0.1, 0.15) is 16.1 Å².